The molecule has 4 rings (SSSR count). The number of carbonyl (C=O) groups is 2. The molecule has 1 saturated heterocycles. The fourth-order valence-electron chi connectivity index (χ4n) is 3.76. The molecule has 3 aromatic rings. The van der Waals surface area contributed by atoms with Gasteiger partial charge in [-0.05, 0) is 31.0 Å². The number of H-pyrrole nitrogens is 1. The van der Waals surface area contributed by atoms with Gasteiger partial charge in [0.2, 0.25) is 5.91 Å². The Balaban J connectivity index is 1.42. The molecule has 1 aromatic carbocycles. The maximum absolute atomic E-state index is 13.0. The molecule has 3 heterocycles. The first-order valence-electron chi connectivity index (χ1n) is 10.4. The van der Waals surface area contributed by atoms with Crippen LogP contribution in [0.2, 0.25) is 0 Å². The summed E-state index contributed by atoms with van der Waals surface area (Å²) in [5, 5.41) is 9.96. The van der Waals surface area contributed by atoms with Crippen LogP contribution in [-0.4, -0.2) is 59.2 Å². The summed E-state index contributed by atoms with van der Waals surface area (Å²) >= 11 is 0. The van der Waals surface area contributed by atoms with Crippen molar-refractivity contribution in [2.75, 3.05) is 32.6 Å². The van der Waals surface area contributed by atoms with Crippen LogP contribution in [0.25, 0.3) is 11.3 Å². The lowest BCUT2D eigenvalue weighted by Crippen LogP contribution is -2.43. The highest BCUT2D eigenvalue weighted by atomic mass is 16.5. The summed E-state index contributed by atoms with van der Waals surface area (Å²) in [6.45, 7) is 0.934. The predicted octanol–water partition coefficient (Wildman–Crippen LogP) is 2.98. The standard InChI is InChI=1S/C23H25N5O4/c1-31-18-9-17(10-19(11-18)32-2)25-22(29)16-6-4-8-28(14-16)23(30)21-12-20(26-27-21)15-5-3-7-24-13-15/h3,5,7,9-13,16H,4,6,8,14H2,1-2H3,(H,25,29)(H,26,27)/t16-/m0/s1. The number of pyridine rings is 1. The maximum atomic E-state index is 13.0. The molecule has 2 N–H and O–H groups in total. The summed E-state index contributed by atoms with van der Waals surface area (Å²) in [5.41, 5.74) is 2.46. The van der Waals surface area contributed by atoms with Crippen molar-refractivity contribution in [3.8, 4) is 22.8 Å². The minimum absolute atomic E-state index is 0.140. The number of anilines is 1. The minimum atomic E-state index is -0.314. The van der Waals surface area contributed by atoms with Gasteiger partial charge in [0.05, 0.1) is 25.8 Å². The van der Waals surface area contributed by atoms with Gasteiger partial charge >= 0.3 is 0 Å². The van der Waals surface area contributed by atoms with Crippen LogP contribution in [0.4, 0.5) is 5.69 Å². The average molecular weight is 435 g/mol. The summed E-state index contributed by atoms with van der Waals surface area (Å²) in [7, 11) is 3.11. The van der Waals surface area contributed by atoms with E-state index in [0.29, 0.717) is 48.1 Å². The molecule has 1 aliphatic rings. The number of nitrogens with one attached hydrogen (secondary N) is 2. The third-order valence-corrected chi connectivity index (χ3v) is 5.46. The Labute approximate surface area is 185 Å². The number of likely N-dealkylation sites (tertiary alicyclic amines) is 1. The first-order chi connectivity index (χ1) is 15.6. The highest BCUT2D eigenvalue weighted by Crippen LogP contribution is 2.27. The lowest BCUT2D eigenvalue weighted by molar-refractivity contribution is -0.121. The molecule has 1 aliphatic heterocycles. The van der Waals surface area contributed by atoms with Gasteiger partial charge in [-0.2, -0.15) is 5.10 Å². The topological polar surface area (TPSA) is 109 Å². The van der Waals surface area contributed by atoms with E-state index in [1.54, 1.807) is 55.8 Å². The van der Waals surface area contributed by atoms with Crippen LogP contribution in [0.3, 0.4) is 0 Å². The Morgan fingerprint density at radius 2 is 1.94 bits per heavy atom. The number of hydrogen-bond donors (Lipinski definition) is 2. The second-order valence-corrected chi connectivity index (χ2v) is 7.59. The maximum Gasteiger partial charge on any atom is 0.271 e. The number of amides is 2. The lowest BCUT2D eigenvalue weighted by atomic mass is 9.96. The smallest absolute Gasteiger partial charge is 0.271 e. The van der Waals surface area contributed by atoms with Crippen molar-refractivity contribution >= 4 is 17.5 Å². The van der Waals surface area contributed by atoms with Gasteiger partial charge in [0.25, 0.3) is 5.91 Å². The highest BCUT2D eigenvalue weighted by Gasteiger charge is 2.30. The molecule has 9 heteroatoms. The SMILES string of the molecule is COc1cc(NC(=O)[C@H]2CCCN(C(=O)c3cc(-c4cccnc4)n[nH]3)C2)cc(OC)c1. The van der Waals surface area contributed by atoms with Crippen molar-refractivity contribution < 1.29 is 19.1 Å². The number of piperidine rings is 1. The van der Waals surface area contributed by atoms with Crippen LogP contribution in [0.5, 0.6) is 11.5 Å². The Kier molecular flexibility index (Phi) is 6.34. The molecule has 2 aromatic heterocycles. The molecule has 0 spiro atoms. The molecular weight excluding hydrogens is 410 g/mol. The fourth-order valence-corrected chi connectivity index (χ4v) is 3.76. The molecule has 0 bridgehead atoms. The lowest BCUT2D eigenvalue weighted by Gasteiger charge is -2.31. The number of aromatic nitrogens is 3. The molecule has 0 unspecified atom stereocenters. The van der Waals surface area contributed by atoms with E-state index in [1.165, 1.54) is 0 Å². The quantitative estimate of drug-likeness (QED) is 0.616. The zero-order valence-corrected chi connectivity index (χ0v) is 18.0. The van der Waals surface area contributed by atoms with Gasteiger partial charge in [0, 0.05) is 54.9 Å². The normalized spacial score (nSPS) is 15.8. The van der Waals surface area contributed by atoms with Gasteiger partial charge in [0.1, 0.15) is 17.2 Å². The number of benzene rings is 1. The van der Waals surface area contributed by atoms with Crippen molar-refractivity contribution in [2.45, 2.75) is 12.8 Å². The Hall–Kier alpha value is -3.88. The number of methoxy groups -OCH3 is 2. The van der Waals surface area contributed by atoms with Crippen LogP contribution >= 0.6 is 0 Å². The van der Waals surface area contributed by atoms with Crippen molar-refractivity contribution in [1.82, 2.24) is 20.1 Å². The van der Waals surface area contributed by atoms with E-state index in [-0.39, 0.29) is 17.7 Å². The van der Waals surface area contributed by atoms with E-state index in [1.807, 2.05) is 12.1 Å². The van der Waals surface area contributed by atoms with Gasteiger partial charge in [-0.3, -0.25) is 19.7 Å². The first kappa shape index (κ1) is 21.4. The van der Waals surface area contributed by atoms with Crippen molar-refractivity contribution in [1.29, 1.82) is 0 Å². The second-order valence-electron chi connectivity index (χ2n) is 7.59. The Bertz CT molecular complexity index is 1080. The van der Waals surface area contributed by atoms with E-state index in [0.717, 1.165) is 12.0 Å². The summed E-state index contributed by atoms with van der Waals surface area (Å²) < 4.78 is 10.5. The third-order valence-electron chi connectivity index (χ3n) is 5.46. The molecule has 0 aliphatic carbocycles. The summed E-state index contributed by atoms with van der Waals surface area (Å²) in [6.07, 6.45) is 4.83. The van der Waals surface area contributed by atoms with Crippen molar-refractivity contribution in [3.05, 3.63) is 54.5 Å². The van der Waals surface area contributed by atoms with Crippen molar-refractivity contribution in [3.63, 3.8) is 0 Å². The van der Waals surface area contributed by atoms with Gasteiger partial charge in [-0.25, -0.2) is 0 Å². The van der Waals surface area contributed by atoms with Gasteiger partial charge in [-0.1, -0.05) is 0 Å². The number of aromatic amines is 1. The molecule has 1 atom stereocenters. The van der Waals surface area contributed by atoms with Gasteiger partial charge in [-0.15, -0.1) is 0 Å². The molecular formula is C23H25N5O4. The Morgan fingerprint density at radius 1 is 1.16 bits per heavy atom. The first-order valence-corrected chi connectivity index (χ1v) is 10.4. The molecule has 1 fully saturated rings. The van der Waals surface area contributed by atoms with E-state index in [4.69, 9.17) is 9.47 Å². The van der Waals surface area contributed by atoms with E-state index < -0.39 is 0 Å². The summed E-state index contributed by atoms with van der Waals surface area (Å²) in [4.78, 5) is 31.7. The number of ether oxygens (including phenoxy) is 2. The van der Waals surface area contributed by atoms with Crippen LogP contribution in [0.15, 0.2) is 48.8 Å². The van der Waals surface area contributed by atoms with Crippen LogP contribution in [0.1, 0.15) is 23.3 Å². The average Bonchev–Trinajstić information content (AvgIpc) is 3.34. The Morgan fingerprint density at radius 3 is 2.62 bits per heavy atom. The molecule has 32 heavy (non-hydrogen) atoms. The van der Waals surface area contributed by atoms with Gasteiger partial charge < -0.3 is 19.7 Å². The molecule has 9 nitrogen and oxygen atoms in total. The van der Waals surface area contributed by atoms with E-state index >= 15 is 0 Å². The second kappa shape index (κ2) is 9.51. The largest absolute Gasteiger partial charge is 0.497 e. The molecule has 166 valence electrons. The number of carbonyl (C=O) groups excluding carboxylic acids is 2. The van der Waals surface area contributed by atoms with E-state index in [9.17, 15) is 9.59 Å². The van der Waals surface area contributed by atoms with Crippen LogP contribution in [-0.2, 0) is 4.79 Å². The number of rotatable bonds is 6. The highest BCUT2D eigenvalue weighted by molar-refractivity contribution is 5.96. The summed E-state index contributed by atoms with van der Waals surface area (Å²) in [5.74, 6) is 0.546. The number of nitrogens with zero attached hydrogens (tertiary/aromatic N) is 3. The molecule has 0 saturated carbocycles. The number of hydrogen-bond acceptors (Lipinski definition) is 6. The van der Waals surface area contributed by atoms with E-state index in [2.05, 4.69) is 20.5 Å². The zero-order valence-electron chi connectivity index (χ0n) is 18.0. The van der Waals surface area contributed by atoms with Gasteiger partial charge in [0.15, 0.2) is 0 Å². The third kappa shape index (κ3) is 4.72. The predicted molar refractivity (Wildman–Crippen MR) is 119 cm³/mol. The summed E-state index contributed by atoms with van der Waals surface area (Å²) in [6, 6.07) is 10.6. The van der Waals surface area contributed by atoms with Crippen LogP contribution in [0, 0.1) is 5.92 Å². The van der Waals surface area contributed by atoms with Crippen LogP contribution < -0.4 is 14.8 Å². The van der Waals surface area contributed by atoms with Crippen molar-refractivity contribution in [2.24, 2.45) is 5.92 Å². The minimum Gasteiger partial charge on any atom is -0.497 e. The molecule has 0 radical (unpaired) electrons. The fraction of sp³-hybridized carbons (Fsp3) is 0.304. The monoisotopic (exact) mass is 435 g/mol. The molecule has 2 amide bonds. The zero-order chi connectivity index (χ0) is 22.5.